The highest BCUT2D eigenvalue weighted by Crippen LogP contribution is 2.36. The van der Waals surface area contributed by atoms with Crippen molar-refractivity contribution in [2.75, 3.05) is 19.8 Å². The van der Waals surface area contributed by atoms with Gasteiger partial charge in [0.15, 0.2) is 11.5 Å². The van der Waals surface area contributed by atoms with Gasteiger partial charge >= 0.3 is 0 Å². The molecular weight excluding hydrogens is 266 g/mol. The molecule has 1 heterocycles. The lowest BCUT2D eigenvalue weighted by atomic mass is 9.85. The summed E-state index contributed by atoms with van der Waals surface area (Å²) in [5.74, 6) is 2.12. The Balaban J connectivity index is 2.14. The van der Waals surface area contributed by atoms with E-state index in [1.165, 1.54) is 0 Å². The number of hydrogen-bond acceptors (Lipinski definition) is 3. The zero-order valence-electron chi connectivity index (χ0n) is 12.7. The minimum absolute atomic E-state index is 0.0449. The Bertz CT molecular complexity index is 511. The summed E-state index contributed by atoms with van der Waals surface area (Å²) in [4.78, 5) is 12.0. The Morgan fingerprint density at radius 2 is 2.05 bits per heavy atom. The number of hydrogen-bond donors (Lipinski definition) is 1. The van der Waals surface area contributed by atoms with E-state index < -0.39 is 0 Å². The molecule has 1 aliphatic heterocycles. The molecule has 2 rings (SSSR count). The largest absolute Gasteiger partial charge is 0.486 e. The maximum absolute atomic E-state index is 12.0. The van der Waals surface area contributed by atoms with Crippen LogP contribution in [-0.4, -0.2) is 25.7 Å². The van der Waals surface area contributed by atoms with Crippen LogP contribution in [0.3, 0.4) is 0 Å². The van der Waals surface area contributed by atoms with E-state index in [2.05, 4.69) is 25.7 Å². The summed E-state index contributed by atoms with van der Waals surface area (Å²) in [5, 5.41) is 2.84. The topological polar surface area (TPSA) is 47.6 Å². The summed E-state index contributed by atoms with van der Waals surface area (Å²) in [6.07, 6.45) is 2.15. The van der Waals surface area contributed by atoms with Gasteiger partial charge in [-0.3, -0.25) is 4.79 Å². The molecule has 1 atom stereocenters. The van der Waals surface area contributed by atoms with Crippen LogP contribution < -0.4 is 14.8 Å². The third-order valence-corrected chi connectivity index (χ3v) is 3.65. The number of carbonyl (C=O) groups is 1. The van der Waals surface area contributed by atoms with E-state index in [0.717, 1.165) is 17.1 Å². The zero-order valence-corrected chi connectivity index (χ0v) is 12.7. The summed E-state index contributed by atoms with van der Waals surface area (Å²) in [6, 6.07) is 5.96. The number of amides is 1. The highest BCUT2D eigenvalue weighted by molar-refractivity contribution is 5.77. The second-order valence-corrected chi connectivity index (χ2v) is 5.55. The lowest BCUT2D eigenvalue weighted by Gasteiger charge is -2.24. The summed E-state index contributed by atoms with van der Waals surface area (Å²) < 4.78 is 11.2. The molecule has 4 nitrogen and oxygen atoms in total. The fourth-order valence-electron chi connectivity index (χ4n) is 2.49. The molecule has 1 amide bonds. The zero-order chi connectivity index (χ0) is 15.2. The number of nitrogens with one attached hydrogen (secondary N) is 1. The lowest BCUT2D eigenvalue weighted by molar-refractivity contribution is -0.121. The van der Waals surface area contributed by atoms with Crippen LogP contribution in [0.1, 0.15) is 31.7 Å². The second-order valence-electron chi connectivity index (χ2n) is 5.55. The maximum atomic E-state index is 12.0. The van der Waals surface area contributed by atoms with Gasteiger partial charge in [-0.05, 0) is 29.5 Å². The third-order valence-electron chi connectivity index (χ3n) is 3.65. The van der Waals surface area contributed by atoms with Crippen molar-refractivity contribution >= 4 is 5.91 Å². The van der Waals surface area contributed by atoms with Crippen LogP contribution in [0.5, 0.6) is 11.5 Å². The van der Waals surface area contributed by atoms with E-state index in [1.807, 2.05) is 18.2 Å². The molecular formula is C17H23NO3. The highest BCUT2D eigenvalue weighted by atomic mass is 16.6. The van der Waals surface area contributed by atoms with Gasteiger partial charge in [-0.2, -0.15) is 0 Å². The fourth-order valence-corrected chi connectivity index (χ4v) is 2.49. The molecule has 0 saturated carbocycles. The molecule has 1 N–H and O–H groups in total. The van der Waals surface area contributed by atoms with Gasteiger partial charge < -0.3 is 14.8 Å². The van der Waals surface area contributed by atoms with Gasteiger partial charge in [0.2, 0.25) is 5.91 Å². The summed E-state index contributed by atoms with van der Waals surface area (Å²) in [6.45, 7) is 9.53. The number of carbonyl (C=O) groups excluding carboxylic acids is 1. The van der Waals surface area contributed by atoms with Crippen LogP contribution in [0, 0.1) is 5.92 Å². The van der Waals surface area contributed by atoms with Gasteiger partial charge in [-0.25, -0.2) is 0 Å². The van der Waals surface area contributed by atoms with Crippen LogP contribution in [0.25, 0.3) is 0 Å². The quantitative estimate of drug-likeness (QED) is 0.819. The van der Waals surface area contributed by atoms with E-state index in [0.29, 0.717) is 32.1 Å². The third kappa shape index (κ3) is 4.00. The molecule has 1 aliphatic rings. The molecule has 0 saturated heterocycles. The molecule has 4 heteroatoms. The van der Waals surface area contributed by atoms with E-state index in [-0.39, 0.29) is 11.8 Å². The first-order chi connectivity index (χ1) is 10.1. The second kappa shape index (κ2) is 7.16. The predicted octanol–water partition coefficient (Wildman–Crippen LogP) is 2.89. The van der Waals surface area contributed by atoms with Crippen LogP contribution >= 0.6 is 0 Å². The Morgan fingerprint density at radius 3 is 2.71 bits per heavy atom. The smallest absolute Gasteiger partial charge is 0.220 e. The van der Waals surface area contributed by atoms with Crippen LogP contribution in [0.15, 0.2) is 30.9 Å². The molecule has 1 aromatic carbocycles. The first kappa shape index (κ1) is 15.4. The summed E-state index contributed by atoms with van der Waals surface area (Å²) in [5.41, 5.74) is 1.11. The van der Waals surface area contributed by atoms with Crippen molar-refractivity contribution in [1.29, 1.82) is 0 Å². The number of ether oxygens (including phenoxy) is 2. The predicted molar refractivity (Wildman–Crippen MR) is 82.8 cm³/mol. The molecule has 1 aromatic rings. The minimum atomic E-state index is 0.0449. The molecule has 0 bridgehead atoms. The molecule has 0 radical (unpaired) electrons. The molecule has 114 valence electrons. The fraction of sp³-hybridized carbons (Fsp3) is 0.471. The van der Waals surface area contributed by atoms with E-state index in [1.54, 1.807) is 6.08 Å². The van der Waals surface area contributed by atoms with E-state index in [9.17, 15) is 4.79 Å². The summed E-state index contributed by atoms with van der Waals surface area (Å²) in [7, 11) is 0. The van der Waals surface area contributed by atoms with Crippen molar-refractivity contribution in [1.82, 2.24) is 5.32 Å². The molecule has 0 aromatic heterocycles. The van der Waals surface area contributed by atoms with Gasteiger partial charge in [-0.1, -0.05) is 26.0 Å². The monoisotopic (exact) mass is 289 g/mol. The van der Waals surface area contributed by atoms with Crippen molar-refractivity contribution < 1.29 is 14.3 Å². The molecule has 0 spiro atoms. The Hall–Kier alpha value is -1.97. The normalized spacial score (nSPS) is 14.6. The minimum Gasteiger partial charge on any atom is -0.486 e. The van der Waals surface area contributed by atoms with Crippen LogP contribution in [0.2, 0.25) is 0 Å². The average Bonchev–Trinajstić information content (AvgIpc) is 2.49. The van der Waals surface area contributed by atoms with E-state index >= 15 is 0 Å². The van der Waals surface area contributed by atoms with Gasteiger partial charge in [-0.15, -0.1) is 6.58 Å². The molecule has 1 unspecified atom stereocenters. The first-order valence-corrected chi connectivity index (χ1v) is 7.39. The van der Waals surface area contributed by atoms with Gasteiger partial charge in [0, 0.05) is 13.0 Å². The van der Waals surface area contributed by atoms with Gasteiger partial charge in [0.25, 0.3) is 0 Å². The van der Waals surface area contributed by atoms with Gasteiger partial charge in [0.05, 0.1) is 0 Å². The maximum Gasteiger partial charge on any atom is 0.220 e. The van der Waals surface area contributed by atoms with Crippen molar-refractivity contribution in [2.45, 2.75) is 26.2 Å². The summed E-state index contributed by atoms with van der Waals surface area (Å²) >= 11 is 0. The van der Waals surface area contributed by atoms with Crippen LogP contribution in [0.4, 0.5) is 0 Å². The van der Waals surface area contributed by atoms with Crippen LogP contribution in [-0.2, 0) is 4.79 Å². The van der Waals surface area contributed by atoms with Crippen molar-refractivity contribution in [2.24, 2.45) is 5.92 Å². The first-order valence-electron chi connectivity index (χ1n) is 7.39. The lowest BCUT2D eigenvalue weighted by Crippen LogP contribution is -2.26. The Kier molecular flexibility index (Phi) is 5.26. The Morgan fingerprint density at radius 1 is 1.33 bits per heavy atom. The SMILES string of the molecule is C=CCNC(=O)CC(c1ccc2c(c1)OCCO2)C(C)C. The Labute approximate surface area is 126 Å². The van der Waals surface area contributed by atoms with E-state index in [4.69, 9.17) is 9.47 Å². The van der Waals surface area contributed by atoms with Gasteiger partial charge in [0.1, 0.15) is 13.2 Å². The highest BCUT2D eigenvalue weighted by Gasteiger charge is 2.22. The number of benzene rings is 1. The van der Waals surface area contributed by atoms with Crippen molar-refractivity contribution in [3.8, 4) is 11.5 Å². The number of fused-ring (bicyclic) bond motifs is 1. The molecule has 0 fully saturated rings. The molecule has 0 aliphatic carbocycles. The number of rotatable bonds is 6. The van der Waals surface area contributed by atoms with Crippen molar-refractivity contribution in [3.63, 3.8) is 0 Å². The molecule has 21 heavy (non-hydrogen) atoms. The standard InChI is InChI=1S/C17H23NO3/c1-4-7-18-17(19)11-14(12(2)3)13-5-6-15-16(10-13)21-9-8-20-15/h4-6,10,12,14H,1,7-9,11H2,2-3H3,(H,18,19). The van der Waals surface area contributed by atoms with Crippen molar-refractivity contribution in [3.05, 3.63) is 36.4 Å². The average molecular weight is 289 g/mol.